The molecule has 132 valence electrons. The number of hydrogen-bond acceptors (Lipinski definition) is 4. The molecule has 25 heavy (non-hydrogen) atoms. The molecule has 1 aromatic carbocycles. The molecule has 2 aromatic rings. The fourth-order valence-corrected chi connectivity index (χ4v) is 2.92. The van der Waals surface area contributed by atoms with Crippen molar-refractivity contribution in [1.29, 1.82) is 0 Å². The van der Waals surface area contributed by atoms with Gasteiger partial charge in [-0.1, -0.05) is 18.2 Å². The van der Waals surface area contributed by atoms with Gasteiger partial charge >= 0.3 is 5.97 Å². The van der Waals surface area contributed by atoms with Crippen molar-refractivity contribution in [3.8, 4) is 0 Å². The van der Waals surface area contributed by atoms with E-state index in [0.717, 1.165) is 37.3 Å². The van der Waals surface area contributed by atoms with Crippen LogP contribution >= 0.6 is 0 Å². The van der Waals surface area contributed by atoms with Gasteiger partial charge in [0.1, 0.15) is 11.4 Å². The number of fused-ring (bicyclic) bond motifs is 1. The number of nitrogens with one attached hydrogen (secondary N) is 1. The summed E-state index contributed by atoms with van der Waals surface area (Å²) >= 11 is 0. The molecule has 0 atom stereocenters. The van der Waals surface area contributed by atoms with Crippen molar-refractivity contribution in [3.63, 3.8) is 0 Å². The molecule has 4 heteroatoms. The SMILES string of the molecule is CC(C)(C)OC(=O)c1ccc(CCc2ccc3c(n2)NCCC3)cc1. The molecule has 1 aliphatic heterocycles. The summed E-state index contributed by atoms with van der Waals surface area (Å²) in [7, 11) is 0. The first-order valence-corrected chi connectivity index (χ1v) is 8.96. The van der Waals surface area contributed by atoms with Gasteiger partial charge in [-0.15, -0.1) is 0 Å². The summed E-state index contributed by atoms with van der Waals surface area (Å²) in [4.78, 5) is 16.8. The zero-order valence-corrected chi connectivity index (χ0v) is 15.3. The number of anilines is 1. The van der Waals surface area contributed by atoms with Gasteiger partial charge in [-0.3, -0.25) is 0 Å². The number of pyridine rings is 1. The number of benzene rings is 1. The Kier molecular flexibility index (Phi) is 5.07. The zero-order chi connectivity index (χ0) is 17.9. The Bertz CT molecular complexity index is 745. The summed E-state index contributed by atoms with van der Waals surface area (Å²) in [6.45, 7) is 6.63. The van der Waals surface area contributed by atoms with Crippen molar-refractivity contribution in [2.24, 2.45) is 0 Å². The fraction of sp³-hybridized carbons (Fsp3) is 0.429. The highest BCUT2D eigenvalue weighted by Crippen LogP contribution is 2.20. The van der Waals surface area contributed by atoms with E-state index in [1.165, 1.54) is 17.5 Å². The number of ether oxygens (including phenoxy) is 1. The van der Waals surface area contributed by atoms with Crippen molar-refractivity contribution in [2.75, 3.05) is 11.9 Å². The van der Waals surface area contributed by atoms with E-state index < -0.39 is 5.60 Å². The van der Waals surface area contributed by atoms with Crippen LogP contribution < -0.4 is 5.32 Å². The Morgan fingerprint density at radius 2 is 1.88 bits per heavy atom. The third-order valence-electron chi connectivity index (χ3n) is 4.21. The topological polar surface area (TPSA) is 51.2 Å². The minimum Gasteiger partial charge on any atom is -0.456 e. The second-order valence-electron chi connectivity index (χ2n) is 7.54. The molecule has 3 rings (SSSR count). The number of carbonyl (C=O) groups is 1. The second-order valence-corrected chi connectivity index (χ2v) is 7.54. The molecule has 0 amide bonds. The Morgan fingerprint density at radius 3 is 2.60 bits per heavy atom. The number of esters is 1. The standard InChI is InChI=1S/C21H26N2O2/c1-21(2,3)25-20(24)17-9-6-15(7-10-17)8-12-18-13-11-16-5-4-14-22-19(16)23-18/h6-7,9-11,13H,4-5,8,12,14H2,1-3H3,(H,22,23). The molecule has 1 N–H and O–H groups in total. The summed E-state index contributed by atoms with van der Waals surface area (Å²) in [6.07, 6.45) is 4.08. The highest BCUT2D eigenvalue weighted by molar-refractivity contribution is 5.89. The lowest BCUT2D eigenvalue weighted by molar-refractivity contribution is 0.00695. The minimum absolute atomic E-state index is 0.276. The Labute approximate surface area is 149 Å². The second kappa shape index (κ2) is 7.26. The predicted molar refractivity (Wildman–Crippen MR) is 100 cm³/mol. The van der Waals surface area contributed by atoms with E-state index in [1.807, 2.05) is 45.0 Å². The maximum atomic E-state index is 12.0. The van der Waals surface area contributed by atoms with Crippen molar-refractivity contribution < 1.29 is 9.53 Å². The van der Waals surface area contributed by atoms with Crippen LogP contribution in [0.5, 0.6) is 0 Å². The molecule has 2 heterocycles. The van der Waals surface area contributed by atoms with Gasteiger partial charge in [-0.25, -0.2) is 9.78 Å². The van der Waals surface area contributed by atoms with E-state index >= 15 is 0 Å². The minimum atomic E-state index is -0.470. The molecular formula is C21H26N2O2. The normalized spacial score (nSPS) is 13.7. The number of hydrogen-bond donors (Lipinski definition) is 1. The molecule has 0 aliphatic carbocycles. The van der Waals surface area contributed by atoms with Crippen LogP contribution in [-0.4, -0.2) is 23.1 Å². The van der Waals surface area contributed by atoms with Crippen LogP contribution in [0.4, 0.5) is 5.82 Å². The van der Waals surface area contributed by atoms with Crippen LogP contribution in [0, 0.1) is 0 Å². The molecule has 1 aliphatic rings. The van der Waals surface area contributed by atoms with Crippen molar-refractivity contribution >= 4 is 11.8 Å². The zero-order valence-electron chi connectivity index (χ0n) is 15.3. The lowest BCUT2D eigenvalue weighted by Gasteiger charge is -2.19. The van der Waals surface area contributed by atoms with Crippen LogP contribution in [0.25, 0.3) is 0 Å². The summed E-state index contributed by atoms with van der Waals surface area (Å²) in [5.74, 6) is 0.769. The summed E-state index contributed by atoms with van der Waals surface area (Å²) in [5.41, 5.74) is 3.73. The van der Waals surface area contributed by atoms with Gasteiger partial charge in [0.15, 0.2) is 0 Å². The van der Waals surface area contributed by atoms with E-state index in [1.54, 1.807) is 0 Å². The van der Waals surface area contributed by atoms with E-state index in [4.69, 9.17) is 9.72 Å². The lowest BCUT2D eigenvalue weighted by Crippen LogP contribution is -2.23. The first-order valence-electron chi connectivity index (χ1n) is 8.96. The maximum absolute atomic E-state index is 12.0. The largest absolute Gasteiger partial charge is 0.456 e. The molecule has 0 fully saturated rings. The lowest BCUT2D eigenvalue weighted by atomic mass is 10.0. The molecular weight excluding hydrogens is 312 g/mol. The van der Waals surface area contributed by atoms with E-state index in [0.29, 0.717) is 5.56 Å². The van der Waals surface area contributed by atoms with Crippen LogP contribution in [0.1, 0.15) is 54.4 Å². The third kappa shape index (κ3) is 4.81. The van der Waals surface area contributed by atoms with E-state index in [-0.39, 0.29) is 5.97 Å². The number of carbonyl (C=O) groups excluding carboxylic acids is 1. The average molecular weight is 338 g/mol. The van der Waals surface area contributed by atoms with E-state index in [2.05, 4.69) is 17.4 Å². The number of rotatable bonds is 4. The molecule has 1 aromatic heterocycles. The molecule has 0 spiro atoms. The quantitative estimate of drug-likeness (QED) is 0.850. The smallest absolute Gasteiger partial charge is 0.338 e. The molecule has 0 bridgehead atoms. The summed E-state index contributed by atoms with van der Waals surface area (Å²) in [6, 6.07) is 12.0. The van der Waals surface area contributed by atoms with Crippen LogP contribution in [0.2, 0.25) is 0 Å². The number of nitrogens with zero attached hydrogens (tertiary/aromatic N) is 1. The Balaban J connectivity index is 1.59. The fourth-order valence-electron chi connectivity index (χ4n) is 2.92. The Hall–Kier alpha value is -2.36. The van der Waals surface area contributed by atoms with Crippen LogP contribution in [-0.2, 0) is 24.0 Å². The summed E-state index contributed by atoms with van der Waals surface area (Å²) < 4.78 is 5.39. The van der Waals surface area contributed by atoms with Crippen molar-refractivity contribution in [3.05, 3.63) is 58.8 Å². The van der Waals surface area contributed by atoms with Gasteiger partial charge in [0, 0.05) is 12.2 Å². The number of aryl methyl sites for hydroxylation is 3. The van der Waals surface area contributed by atoms with Gasteiger partial charge < -0.3 is 10.1 Å². The molecule has 0 radical (unpaired) electrons. The van der Waals surface area contributed by atoms with Gasteiger partial charge in [0.25, 0.3) is 0 Å². The van der Waals surface area contributed by atoms with Crippen LogP contribution in [0.3, 0.4) is 0 Å². The highest BCUT2D eigenvalue weighted by Gasteiger charge is 2.17. The Morgan fingerprint density at radius 1 is 1.12 bits per heavy atom. The van der Waals surface area contributed by atoms with Gasteiger partial charge in [0.2, 0.25) is 0 Å². The third-order valence-corrected chi connectivity index (χ3v) is 4.21. The first-order chi connectivity index (χ1) is 11.9. The molecule has 0 unspecified atom stereocenters. The average Bonchev–Trinajstić information content (AvgIpc) is 2.59. The maximum Gasteiger partial charge on any atom is 0.338 e. The van der Waals surface area contributed by atoms with Crippen LogP contribution in [0.15, 0.2) is 36.4 Å². The molecule has 0 saturated heterocycles. The molecule has 0 saturated carbocycles. The summed E-state index contributed by atoms with van der Waals surface area (Å²) in [5, 5.41) is 3.38. The molecule has 4 nitrogen and oxygen atoms in total. The number of aromatic nitrogens is 1. The first kappa shape index (κ1) is 17.5. The van der Waals surface area contributed by atoms with Crippen molar-refractivity contribution in [1.82, 2.24) is 4.98 Å². The van der Waals surface area contributed by atoms with Gasteiger partial charge in [-0.2, -0.15) is 0 Å². The van der Waals surface area contributed by atoms with Gasteiger partial charge in [-0.05, 0) is 75.8 Å². The van der Waals surface area contributed by atoms with Gasteiger partial charge in [0.05, 0.1) is 5.56 Å². The highest BCUT2D eigenvalue weighted by atomic mass is 16.6. The monoisotopic (exact) mass is 338 g/mol. The predicted octanol–water partition coefficient (Wildman–Crippen LogP) is 4.18. The van der Waals surface area contributed by atoms with E-state index in [9.17, 15) is 4.79 Å². The van der Waals surface area contributed by atoms with Crippen molar-refractivity contribution in [2.45, 2.75) is 52.1 Å².